The monoisotopic (exact) mass is 275 g/mol. The van der Waals surface area contributed by atoms with Gasteiger partial charge in [-0.2, -0.15) is 0 Å². The fourth-order valence-electron chi connectivity index (χ4n) is 1.29. The molecule has 16 heavy (non-hydrogen) atoms. The van der Waals surface area contributed by atoms with Crippen molar-refractivity contribution in [3.8, 4) is 5.75 Å². The van der Waals surface area contributed by atoms with Crippen LogP contribution in [0.15, 0.2) is 58.0 Å². The lowest BCUT2D eigenvalue weighted by Gasteiger charge is -1.99. The SMILES string of the molecule is Oc1ccc(Br)cc1/C=N/c1ccccc1. The molecule has 0 radical (unpaired) electrons. The average Bonchev–Trinajstić information content (AvgIpc) is 2.32. The Morgan fingerprint density at radius 1 is 1.06 bits per heavy atom. The number of nitrogens with zero attached hydrogens (tertiary/aromatic N) is 1. The van der Waals surface area contributed by atoms with E-state index in [2.05, 4.69) is 20.9 Å². The molecule has 0 heterocycles. The fraction of sp³-hybridized carbons (Fsp3) is 0. The van der Waals surface area contributed by atoms with E-state index in [0.29, 0.717) is 5.56 Å². The van der Waals surface area contributed by atoms with Crippen LogP contribution in [0.2, 0.25) is 0 Å². The molecule has 0 bridgehead atoms. The standard InChI is InChI=1S/C13H10BrNO/c14-11-6-7-13(16)10(8-11)9-15-12-4-2-1-3-5-12/h1-9,16H/b15-9+. The Morgan fingerprint density at radius 3 is 2.56 bits per heavy atom. The molecule has 0 spiro atoms. The highest BCUT2D eigenvalue weighted by Crippen LogP contribution is 2.21. The molecule has 2 nitrogen and oxygen atoms in total. The molecule has 0 aromatic heterocycles. The minimum absolute atomic E-state index is 0.225. The highest BCUT2D eigenvalue weighted by atomic mass is 79.9. The van der Waals surface area contributed by atoms with Crippen LogP contribution in [0.5, 0.6) is 5.75 Å². The van der Waals surface area contributed by atoms with Crippen molar-refractivity contribution >= 4 is 27.8 Å². The van der Waals surface area contributed by atoms with Gasteiger partial charge >= 0.3 is 0 Å². The molecule has 0 aliphatic rings. The van der Waals surface area contributed by atoms with E-state index in [-0.39, 0.29) is 5.75 Å². The van der Waals surface area contributed by atoms with Gasteiger partial charge in [-0.3, -0.25) is 4.99 Å². The smallest absolute Gasteiger partial charge is 0.124 e. The minimum atomic E-state index is 0.225. The van der Waals surface area contributed by atoms with E-state index in [0.717, 1.165) is 10.2 Å². The van der Waals surface area contributed by atoms with Gasteiger partial charge in [0.25, 0.3) is 0 Å². The molecule has 80 valence electrons. The highest BCUT2D eigenvalue weighted by Gasteiger charge is 1.98. The minimum Gasteiger partial charge on any atom is -0.507 e. The Balaban J connectivity index is 2.27. The van der Waals surface area contributed by atoms with Gasteiger partial charge in [0.1, 0.15) is 5.75 Å². The summed E-state index contributed by atoms with van der Waals surface area (Å²) in [6, 6.07) is 14.8. The van der Waals surface area contributed by atoms with Gasteiger partial charge in [-0.05, 0) is 30.3 Å². The number of hydrogen-bond donors (Lipinski definition) is 1. The molecule has 2 rings (SSSR count). The van der Waals surface area contributed by atoms with Crippen molar-refractivity contribution < 1.29 is 5.11 Å². The molecular weight excluding hydrogens is 266 g/mol. The molecular formula is C13H10BrNO. The molecule has 0 atom stereocenters. The lowest BCUT2D eigenvalue weighted by Crippen LogP contribution is -1.81. The van der Waals surface area contributed by atoms with Crippen molar-refractivity contribution in [1.29, 1.82) is 0 Å². The second-order valence-corrected chi connectivity index (χ2v) is 4.21. The van der Waals surface area contributed by atoms with Gasteiger partial charge in [0.15, 0.2) is 0 Å². The van der Waals surface area contributed by atoms with E-state index in [1.54, 1.807) is 18.3 Å². The van der Waals surface area contributed by atoms with Crippen molar-refractivity contribution in [2.24, 2.45) is 4.99 Å². The Hall–Kier alpha value is -1.61. The molecule has 1 N–H and O–H groups in total. The lowest BCUT2D eigenvalue weighted by atomic mass is 10.2. The fourth-order valence-corrected chi connectivity index (χ4v) is 1.67. The van der Waals surface area contributed by atoms with Gasteiger partial charge in [0, 0.05) is 16.3 Å². The zero-order chi connectivity index (χ0) is 11.4. The Bertz CT molecular complexity index is 509. The van der Waals surface area contributed by atoms with Crippen LogP contribution in [0.25, 0.3) is 0 Å². The zero-order valence-corrected chi connectivity index (χ0v) is 10.1. The van der Waals surface area contributed by atoms with Crippen molar-refractivity contribution in [3.63, 3.8) is 0 Å². The van der Waals surface area contributed by atoms with E-state index >= 15 is 0 Å². The first-order chi connectivity index (χ1) is 7.75. The summed E-state index contributed by atoms with van der Waals surface area (Å²) < 4.78 is 0.916. The Kier molecular flexibility index (Phi) is 3.37. The molecule has 0 amide bonds. The lowest BCUT2D eigenvalue weighted by molar-refractivity contribution is 0.474. The summed E-state index contributed by atoms with van der Waals surface area (Å²) in [5.41, 5.74) is 1.56. The summed E-state index contributed by atoms with van der Waals surface area (Å²) >= 11 is 3.35. The van der Waals surface area contributed by atoms with Crippen LogP contribution in [0.3, 0.4) is 0 Å². The summed E-state index contributed by atoms with van der Waals surface area (Å²) in [6.07, 6.45) is 1.65. The third kappa shape index (κ3) is 2.70. The third-order valence-electron chi connectivity index (χ3n) is 2.10. The van der Waals surface area contributed by atoms with E-state index in [9.17, 15) is 5.11 Å². The third-order valence-corrected chi connectivity index (χ3v) is 2.59. The topological polar surface area (TPSA) is 32.6 Å². The number of benzene rings is 2. The van der Waals surface area contributed by atoms with Gasteiger partial charge in [-0.1, -0.05) is 34.1 Å². The number of rotatable bonds is 2. The maximum absolute atomic E-state index is 9.60. The number of aliphatic imine (C=N–C) groups is 1. The van der Waals surface area contributed by atoms with Crippen LogP contribution in [-0.2, 0) is 0 Å². The quantitative estimate of drug-likeness (QED) is 0.829. The van der Waals surface area contributed by atoms with Crippen LogP contribution >= 0.6 is 15.9 Å². The average molecular weight is 276 g/mol. The summed E-state index contributed by atoms with van der Waals surface area (Å²) in [5.74, 6) is 0.225. The predicted molar refractivity (Wildman–Crippen MR) is 69.5 cm³/mol. The summed E-state index contributed by atoms with van der Waals surface area (Å²) in [7, 11) is 0. The Labute approximate surface area is 102 Å². The molecule has 0 saturated heterocycles. The van der Waals surface area contributed by atoms with Gasteiger partial charge in [-0.25, -0.2) is 0 Å². The molecule has 0 aliphatic heterocycles. The van der Waals surface area contributed by atoms with Gasteiger partial charge in [-0.15, -0.1) is 0 Å². The van der Waals surface area contributed by atoms with Crippen LogP contribution in [0.1, 0.15) is 5.56 Å². The van der Waals surface area contributed by atoms with Gasteiger partial charge in [0.05, 0.1) is 5.69 Å². The number of halogens is 1. The van der Waals surface area contributed by atoms with E-state index in [1.165, 1.54) is 0 Å². The molecule has 0 aliphatic carbocycles. The van der Waals surface area contributed by atoms with E-state index in [1.807, 2.05) is 36.4 Å². The van der Waals surface area contributed by atoms with Crippen LogP contribution in [-0.4, -0.2) is 11.3 Å². The highest BCUT2D eigenvalue weighted by molar-refractivity contribution is 9.10. The van der Waals surface area contributed by atoms with Crippen LogP contribution < -0.4 is 0 Å². The van der Waals surface area contributed by atoms with Gasteiger partial charge < -0.3 is 5.11 Å². The number of hydrogen-bond acceptors (Lipinski definition) is 2. The van der Waals surface area contributed by atoms with Crippen molar-refractivity contribution in [3.05, 3.63) is 58.6 Å². The molecule has 0 saturated carbocycles. The van der Waals surface area contributed by atoms with Crippen molar-refractivity contribution in [2.45, 2.75) is 0 Å². The van der Waals surface area contributed by atoms with Crippen LogP contribution in [0, 0.1) is 0 Å². The first-order valence-corrected chi connectivity index (χ1v) is 5.62. The normalized spacial score (nSPS) is 10.8. The number of para-hydroxylation sites is 1. The largest absolute Gasteiger partial charge is 0.507 e. The second kappa shape index (κ2) is 4.94. The summed E-state index contributed by atoms with van der Waals surface area (Å²) in [6.45, 7) is 0. The van der Waals surface area contributed by atoms with Gasteiger partial charge in [0.2, 0.25) is 0 Å². The molecule has 2 aromatic rings. The molecule has 0 unspecified atom stereocenters. The molecule has 0 fully saturated rings. The second-order valence-electron chi connectivity index (χ2n) is 3.30. The number of aromatic hydroxyl groups is 1. The Morgan fingerprint density at radius 2 is 1.81 bits per heavy atom. The number of phenols is 1. The zero-order valence-electron chi connectivity index (χ0n) is 8.47. The first-order valence-electron chi connectivity index (χ1n) is 4.83. The van der Waals surface area contributed by atoms with Crippen molar-refractivity contribution in [1.82, 2.24) is 0 Å². The van der Waals surface area contributed by atoms with E-state index in [4.69, 9.17) is 0 Å². The molecule has 3 heteroatoms. The van der Waals surface area contributed by atoms with Crippen LogP contribution in [0.4, 0.5) is 5.69 Å². The molecule has 2 aromatic carbocycles. The maximum atomic E-state index is 9.60. The number of phenolic OH excluding ortho intramolecular Hbond substituents is 1. The van der Waals surface area contributed by atoms with Crippen molar-refractivity contribution in [2.75, 3.05) is 0 Å². The predicted octanol–water partition coefficient (Wildman–Crippen LogP) is 3.91. The summed E-state index contributed by atoms with van der Waals surface area (Å²) in [5, 5.41) is 9.60. The maximum Gasteiger partial charge on any atom is 0.124 e. The van der Waals surface area contributed by atoms with E-state index < -0.39 is 0 Å². The summed E-state index contributed by atoms with van der Waals surface area (Å²) in [4.78, 5) is 4.27. The first kappa shape index (κ1) is 10.9.